The van der Waals surface area contributed by atoms with E-state index in [9.17, 15) is 13.2 Å². The lowest BCUT2D eigenvalue weighted by Crippen LogP contribution is -2.29. The van der Waals surface area contributed by atoms with Gasteiger partial charge in [-0.15, -0.1) is 11.3 Å². The number of fused-ring (bicyclic) bond motifs is 1. The van der Waals surface area contributed by atoms with Crippen molar-refractivity contribution in [1.29, 1.82) is 0 Å². The number of ether oxygens (including phenoxy) is 1. The van der Waals surface area contributed by atoms with E-state index in [1.807, 2.05) is 18.2 Å². The number of thiazole rings is 1. The quantitative estimate of drug-likeness (QED) is 0.389. The Morgan fingerprint density at radius 3 is 2.84 bits per heavy atom. The molecule has 1 aliphatic heterocycles. The Hall–Kier alpha value is -3.43. The number of hydrogen-bond acceptors (Lipinski definition) is 7. The molecule has 9 heteroatoms. The second kappa shape index (κ2) is 8.25. The molecular weight excluding hydrogens is 448 g/mol. The van der Waals surface area contributed by atoms with Crippen LogP contribution in [0.25, 0.3) is 10.8 Å². The monoisotopic (exact) mass is 466 g/mol. The molecule has 0 radical (unpaired) electrons. The number of benzene rings is 2. The molecule has 0 N–H and O–H groups in total. The summed E-state index contributed by atoms with van der Waals surface area (Å²) in [5.41, 5.74) is 2.42. The average Bonchev–Trinajstić information content (AvgIpc) is 3.58. The fourth-order valence-corrected chi connectivity index (χ4v) is 5.90. The van der Waals surface area contributed by atoms with Crippen LogP contribution in [0.5, 0.6) is 0 Å². The Kier molecular flexibility index (Phi) is 5.28. The standard InChI is InChI=1S/C23H18N2O5S2/c26-23(30-14-18-15-31-22(24-18)21-9-4-12-29-21)17-6-3-7-19(13-17)32(27,28)25-11-10-16-5-1-2-8-20(16)25/h1-9,12-13,15H,10-11,14H2. The molecule has 5 rings (SSSR count). The third kappa shape index (κ3) is 3.80. The van der Waals surface area contributed by atoms with Crippen LogP contribution >= 0.6 is 11.3 Å². The average molecular weight is 467 g/mol. The molecule has 32 heavy (non-hydrogen) atoms. The number of rotatable bonds is 6. The molecule has 0 bridgehead atoms. The van der Waals surface area contributed by atoms with Gasteiger partial charge in [-0.05, 0) is 48.4 Å². The first-order valence-corrected chi connectivity index (χ1v) is 12.2. The fraction of sp³-hybridized carbons (Fsp3) is 0.130. The van der Waals surface area contributed by atoms with Gasteiger partial charge >= 0.3 is 5.97 Å². The Bertz CT molecular complexity index is 1380. The van der Waals surface area contributed by atoms with E-state index in [1.54, 1.807) is 35.9 Å². The van der Waals surface area contributed by atoms with E-state index in [2.05, 4.69) is 4.98 Å². The van der Waals surface area contributed by atoms with Gasteiger partial charge in [0.1, 0.15) is 6.61 Å². The van der Waals surface area contributed by atoms with Crippen LogP contribution < -0.4 is 4.31 Å². The zero-order chi connectivity index (χ0) is 22.1. The third-order valence-corrected chi connectivity index (χ3v) is 7.85. The van der Waals surface area contributed by atoms with Gasteiger partial charge in [0.25, 0.3) is 10.0 Å². The largest absolute Gasteiger partial charge is 0.462 e. The van der Waals surface area contributed by atoms with Crippen LogP contribution in [0, 0.1) is 0 Å². The van der Waals surface area contributed by atoms with Crippen molar-refractivity contribution in [2.24, 2.45) is 0 Å². The second-order valence-corrected chi connectivity index (χ2v) is 9.90. The van der Waals surface area contributed by atoms with Crippen molar-refractivity contribution >= 4 is 33.0 Å². The van der Waals surface area contributed by atoms with E-state index in [4.69, 9.17) is 9.15 Å². The fourth-order valence-electron chi connectivity index (χ4n) is 3.58. The summed E-state index contributed by atoms with van der Waals surface area (Å²) >= 11 is 1.39. The van der Waals surface area contributed by atoms with Gasteiger partial charge in [0.05, 0.1) is 28.1 Å². The highest BCUT2D eigenvalue weighted by molar-refractivity contribution is 7.92. The topological polar surface area (TPSA) is 89.7 Å². The predicted molar refractivity (Wildman–Crippen MR) is 120 cm³/mol. The first-order chi connectivity index (χ1) is 15.5. The Morgan fingerprint density at radius 2 is 2.00 bits per heavy atom. The van der Waals surface area contributed by atoms with Crippen LogP contribution in [0.2, 0.25) is 0 Å². The Morgan fingerprint density at radius 1 is 1.12 bits per heavy atom. The number of carbonyl (C=O) groups excluding carboxylic acids is 1. The first kappa shape index (κ1) is 20.5. The molecule has 3 heterocycles. The lowest BCUT2D eigenvalue weighted by molar-refractivity contribution is 0.0468. The minimum atomic E-state index is -3.79. The molecular formula is C23H18N2O5S2. The van der Waals surface area contributed by atoms with Gasteiger partial charge in [-0.1, -0.05) is 24.3 Å². The molecule has 7 nitrogen and oxygen atoms in total. The van der Waals surface area contributed by atoms with E-state index in [0.29, 0.717) is 35.1 Å². The zero-order valence-corrected chi connectivity index (χ0v) is 18.4. The highest BCUT2D eigenvalue weighted by atomic mass is 32.2. The predicted octanol–water partition coefficient (Wildman–Crippen LogP) is 4.51. The molecule has 2 aromatic carbocycles. The summed E-state index contributed by atoms with van der Waals surface area (Å²) in [7, 11) is -3.79. The summed E-state index contributed by atoms with van der Waals surface area (Å²) in [6.45, 7) is 0.352. The van der Waals surface area contributed by atoms with E-state index < -0.39 is 16.0 Å². The van der Waals surface area contributed by atoms with E-state index >= 15 is 0 Å². The van der Waals surface area contributed by atoms with Gasteiger partial charge in [-0.25, -0.2) is 18.2 Å². The van der Waals surface area contributed by atoms with Crippen molar-refractivity contribution in [2.45, 2.75) is 17.9 Å². The van der Waals surface area contributed by atoms with Gasteiger partial charge in [-0.2, -0.15) is 0 Å². The maximum atomic E-state index is 13.2. The molecule has 1 aliphatic rings. The van der Waals surface area contributed by atoms with Crippen LogP contribution in [0.3, 0.4) is 0 Å². The normalized spacial score (nSPS) is 13.2. The van der Waals surface area contributed by atoms with Gasteiger partial charge in [0.2, 0.25) is 0 Å². The van der Waals surface area contributed by atoms with Crippen LogP contribution in [0.4, 0.5) is 5.69 Å². The van der Waals surface area contributed by atoms with Crippen molar-refractivity contribution < 1.29 is 22.4 Å². The lowest BCUT2D eigenvalue weighted by atomic mass is 10.2. The molecule has 4 aromatic rings. The van der Waals surface area contributed by atoms with E-state index in [0.717, 1.165) is 5.56 Å². The summed E-state index contributed by atoms with van der Waals surface area (Å²) in [6.07, 6.45) is 2.23. The van der Waals surface area contributed by atoms with Crippen molar-refractivity contribution in [2.75, 3.05) is 10.8 Å². The highest BCUT2D eigenvalue weighted by Crippen LogP contribution is 2.33. The highest BCUT2D eigenvalue weighted by Gasteiger charge is 2.31. The zero-order valence-electron chi connectivity index (χ0n) is 16.8. The van der Waals surface area contributed by atoms with Crippen molar-refractivity contribution in [3.05, 3.63) is 89.1 Å². The van der Waals surface area contributed by atoms with Crippen molar-refractivity contribution in [3.63, 3.8) is 0 Å². The lowest BCUT2D eigenvalue weighted by Gasteiger charge is -2.19. The molecule has 0 saturated heterocycles. The molecule has 0 aliphatic carbocycles. The third-order valence-electron chi connectivity index (χ3n) is 5.14. The minimum Gasteiger partial charge on any atom is -0.462 e. The van der Waals surface area contributed by atoms with Gasteiger partial charge in [0, 0.05) is 11.9 Å². The van der Waals surface area contributed by atoms with Gasteiger partial charge in [0.15, 0.2) is 10.8 Å². The number of hydrogen-bond donors (Lipinski definition) is 0. The molecule has 2 aromatic heterocycles. The summed E-state index contributed by atoms with van der Waals surface area (Å²) < 4.78 is 38.5. The van der Waals surface area contributed by atoms with Crippen molar-refractivity contribution in [3.8, 4) is 10.8 Å². The molecule has 0 fully saturated rings. The smallest absolute Gasteiger partial charge is 0.338 e. The van der Waals surface area contributed by atoms with Gasteiger partial charge in [-0.3, -0.25) is 4.31 Å². The number of sulfonamides is 1. The number of para-hydroxylation sites is 1. The van der Waals surface area contributed by atoms with Gasteiger partial charge < -0.3 is 9.15 Å². The number of carbonyl (C=O) groups is 1. The number of anilines is 1. The molecule has 162 valence electrons. The molecule has 0 spiro atoms. The number of aromatic nitrogens is 1. The number of nitrogens with zero attached hydrogens (tertiary/aromatic N) is 2. The summed E-state index contributed by atoms with van der Waals surface area (Å²) in [6, 6.07) is 16.9. The summed E-state index contributed by atoms with van der Waals surface area (Å²) in [5.74, 6) is 0.0328. The second-order valence-electron chi connectivity index (χ2n) is 7.18. The van der Waals surface area contributed by atoms with E-state index in [1.165, 1.54) is 33.8 Å². The van der Waals surface area contributed by atoms with E-state index in [-0.39, 0.29) is 17.1 Å². The maximum Gasteiger partial charge on any atom is 0.338 e. The van der Waals surface area contributed by atoms with Crippen LogP contribution in [-0.2, 0) is 27.8 Å². The van der Waals surface area contributed by atoms with Crippen LogP contribution in [-0.4, -0.2) is 25.9 Å². The summed E-state index contributed by atoms with van der Waals surface area (Å²) in [5, 5.41) is 2.48. The summed E-state index contributed by atoms with van der Waals surface area (Å²) in [4.78, 5) is 17.0. The number of esters is 1. The SMILES string of the molecule is O=C(OCc1csc(-c2ccco2)n1)c1cccc(S(=O)(=O)N2CCc3ccccc32)c1. The van der Waals surface area contributed by atoms with Crippen molar-refractivity contribution in [1.82, 2.24) is 4.98 Å². The molecule has 0 amide bonds. The maximum absolute atomic E-state index is 13.2. The Labute approximate surface area is 189 Å². The van der Waals surface area contributed by atoms with Crippen LogP contribution in [0.1, 0.15) is 21.6 Å². The minimum absolute atomic E-state index is 0.0213. The Balaban J connectivity index is 1.31. The molecule has 0 atom stereocenters. The number of furan rings is 1. The molecule has 0 saturated carbocycles. The van der Waals surface area contributed by atoms with Crippen LogP contribution in [0.15, 0.2) is 81.6 Å². The first-order valence-electron chi connectivity index (χ1n) is 9.88. The molecule has 0 unspecified atom stereocenters.